The molecule has 4 rings (SSSR count). The topological polar surface area (TPSA) is 67.9 Å². The van der Waals surface area contributed by atoms with E-state index in [-0.39, 0.29) is 0 Å². The molecular formula is C44H58N4O2. The van der Waals surface area contributed by atoms with Gasteiger partial charge in [-0.05, 0) is 122 Å². The minimum Gasteiger partial charge on any atom is -0.494 e. The Kier molecular flexibility index (Phi) is 18.4. The van der Waals surface area contributed by atoms with Gasteiger partial charge in [0.05, 0.1) is 36.0 Å². The second-order valence-corrected chi connectivity index (χ2v) is 13.2. The molecule has 6 heteroatoms. The van der Waals surface area contributed by atoms with Gasteiger partial charge in [0.25, 0.3) is 0 Å². The number of aryl methyl sites for hydroxylation is 2. The zero-order chi connectivity index (χ0) is 34.9. The zero-order valence-corrected chi connectivity index (χ0v) is 30.6. The molecule has 0 aliphatic heterocycles. The smallest absolute Gasteiger partial charge is 0.119 e. The van der Waals surface area contributed by atoms with Gasteiger partial charge in [0.1, 0.15) is 11.5 Å². The molecule has 0 fully saturated rings. The quantitative estimate of drug-likeness (QED) is 0.0518. The summed E-state index contributed by atoms with van der Waals surface area (Å²) in [5, 5.41) is 17.5. The third-order valence-corrected chi connectivity index (χ3v) is 8.82. The van der Waals surface area contributed by atoms with Crippen molar-refractivity contribution in [2.45, 2.75) is 117 Å². The predicted molar refractivity (Wildman–Crippen MR) is 209 cm³/mol. The van der Waals surface area contributed by atoms with Gasteiger partial charge in [0.2, 0.25) is 0 Å². The van der Waals surface area contributed by atoms with E-state index in [4.69, 9.17) is 9.47 Å². The molecule has 0 radical (unpaired) electrons. The van der Waals surface area contributed by atoms with Crippen molar-refractivity contribution in [1.29, 1.82) is 0 Å². The van der Waals surface area contributed by atoms with Crippen LogP contribution in [0.1, 0.15) is 115 Å². The van der Waals surface area contributed by atoms with Gasteiger partial charge in [-0.15, -0.1) is 0 Å². The Morgan fingerprint density at radius 2 is 0.640 bits per heavy atom. The molecule has 0 bridgehead atoms. The lowest BCUT2D eigenvalue weighted by atomic mass is 10.1. The first-order chi connectivity index (χ1) is 24.7. The number of benzene rings is 4. The molecule has 0 aliphatic rings. The zero-order valence-electron chi connectivity index (χ0n) is 30.6. The van der Waals surface area contributed by atoms with Crippen LogP contribution in [-0.2, 0) is 12.8 Å². The number of nitrogens with zero attached hydrogens (tertiary/aromatic N) is 4. The molecule has 4 aromatic rings. The van der Waals surface area contributed by atoms with Crippen molar-refractivity contribution in [3.05, 3.63) is 108 Å². The molecule has 0 saturated carbocycles. The third-order valence-electron chi connectivity index (χ3n) is 8.82. The molecule has 0 N–H and O–H groups in total. The molecule has 0 heterocycles. The van der Waals surface area contributed by atoms with E-state index < -0.39 is 0 Å². The molecule has 4 aromatic carbocycles. The maximum atomic E-state index is 5.94. The molecular weight excluding hydrogens is 617 g/mol. The van der Waals surface area contributed by atoms with Crippen molar-refractivity contribution < 1.29 is 9.47 Å². The van der Waals surface area contributed by atoms with E-state index in [1.807, 2.05) is 72.8 Å². The lowest BCUT2D eigenvalue weighted by molar-refractivity contribution is 0.301. The largest absolute Gasteiger partial charge is 0.494 e. The normalized spacial score (nSPS) is 11.5. The number of unbranched alkanes of at least 4 members (excludes halogenated alkanes) is 11. The highest BCUT2D eigenvalue weighted by Gasteiger charge is 2.00. The highest BCUT2D eigenvalue weighted by atomic mass is 16.5. The lowest BCUT2D eigenvalue weighted by Gasteiger charge is -2.07. The summed E-state index contributed by atoms with van der Waals surface area (Å²) in [6.07, 6.45) is 19.4. The van der Waals surface area contributed by atoms with E-state index in [9.17, 15) is 0 Å². The van der Waals surface area contributed by atoms with Crippen molar-refractivity contribution in [3.63, 3.8) is 0 Å². The molecule has 0 aromatic heterocycles. The highest BCUT2D eigenvalue weighted by Crippen LogP contribution is 2.24. The van der Waals surface area contributed by atoms with Gasteiger partial charge in [-0.25, -0.2) is 0 Å². The number of ether oxygens (including phenoxy) is 2. The van der Waals surface area contributed by atoms with Crippen LogP contribution in [0.4, 0.5) is 22.7 Å². The van der Waals surface area contributed by atoms with Gasteiger partial charge in [0, 0.05) is 0 Å². The Morgan fingerprint density at radius 3 is 0.960 bits per heavy atom. The minimum atomic E-state index is 0.750. The van der Waals surface area contributed by atoms with E-state index in [2.05, 4.69) is 58.6 Å². The molecule has 0 atom stereocenters. The Balaban J connectivity index is 0.969. The van der Waals surface area contributed by atoms with E-state index in [1.165, 1.54) is 88.2 Å². The number of hydrogen-bond acceptors (Lipinski definition) is 6. The van der Waals surface area contributed by atoms with Gasteiger partial charge in [-0.1, -0.05) is 102 Å². The fraction of sp³-hybridized carbons (Fsp3) is 0.455. The highest BCUT2D eigenvalue weighted by molar-refractivity contribution is 5.44. The summed E-state index contributed by atoms with van der Waals surface area (Å²) in [6, 6.07) is 32.6. The molecule has 50 heavy (non-hydrogen) atoms. The van der Waals surface area contributed by atoms with Crippen molar-refractivity contribution in [3.8, 4) is 11.5 Å². The van der Waals surface area contributed by atoms with Crippen LogP contribution in [0.2, 0.25) is 0 Å². The van der Waals surface area contributed by atoms with Crippen LogP contribution >= 0.6 is 0 Å². The molecule has 6 nitrogen and oxygen atoms in total. The predicted octanol–water partition coefficient (Wildman–Crippen LogP) is 14.6. The van der Waals surface area contributed by atoms with E-state index >= 15 is 0 Å². The summed E-state index contributed by atoms with van der Waals surface area (Å²) >= 11 is 0. The maximum Gasteiger partial charge on any atom is 0.119 e. The number of hydrogen-bond donors (Lipinski definition) is 0. The van der Waals surface area contributed by atoms with Crippen LogP contribution < -0.4 is 9.47 Å². The van der Waals surface area contributed by atoms with Crippen molar-refractivity contribution in [2.75, 3.05) is 13.2 Å². The summed E-state index contributed by atoms with van der Waals surface area (Å²) < 4.78 is 11.9. The summed E-state index contributed by atoms with van der Waals surface area (Å²) in [5.41, 5.74) is 6.16. The van der Waals surface area contributed by atoms with Gasteiger partial charge in [0.15, 0.2) is 0 Å². The van der Waals surface area contributed by atoms with Crippen molar-refractivity contribution >= 4 is 22.7 Å². The Morgan fingerprint density at radius 1 is 0.340 bits per heavy atom. The maximum absolute atomic E-state index is 5.94. The standard InChI is InChI=1S/C44H58N4O2/c1-3-5-13-17-37-19-23-39(24-20-37)45-47-41-27-31-43(32-28-41)49-35-15-11-9-7-8-10-12-16-36-50-44-33-29-42(30-34-44)48-46-40-25-21-38(22-26-40)18-14-6-4-2/h19-34H,3-18,35-36H2,1-2H3. The molecule has 0 unspecified atom stereocenters. The molecule has 266 valence electrons. The van der Waals surface area contributed by atoms with Gasteiger partial charge in [-0.3, -0.25) is 0 Å². The van der Waals surface area contributed by atoms with E-state index in [0.717, 1.165) is 73.1 Å². The number of rotatable bonds is 25. The van der Waals surface area contributed by atoms with Gasteiger partial charge >= 0.3 is 0 Å². The first-order valence-corrected chi connectivity index (χ1v) is 19.2. The van der Waals surface area contributed by atoms with Gasteiger partial charge < -0.3 is 9.47 Å². The minimum absolute atomic E-state index is 0.750. The molecule has 0 amide bonds. The fourth-order valence-corrected chi connectivity index (χ4v) is 5.71. The lowest BCUT2D eigenvalue weighted by Crippen LogP contribution is -1.97. The van der Waals surface area contributed by atoms with Crippen LogP contribution in [0.25, 0.3) is 0 Å². The SMILES string of the molecule is CCCCCc1ccc(N=Nc2ccc(OCCCCCCCCCCOc3ccc(N=Nc4ccc(CCCCC)cc4)cc3)cc2)cc1. The third kappa shape index (κ3) is 15.9. The Bertz CT molecular complexity index is 1380. The molecule has 0 saturated heterocycles. The summed E-state index contributed by atoms with van der Waals surface area (Å²) in [5.74, 6) is 1.77. The average molecular weight is 675 g/mol. The second-order valence-electron chi connectivity index (χ2n) is 13.2. The van der Waals surface area contributed by atoms with Crippen molar-refractivity contribution in [2.24, 2.45) is 20.5 Å². The first-order valence-electron chi connectivity index (χ1n) is 19.2. The van der Waals surface area contributed by atoms with Crippen LogP contribution in [0, 0.1) is 0 Å². The Hall–Kier alpha value is -4.32. The van der Waals surface area contributed by atoms with Gasteiger partial charge in [-0.2, -0.15) is 20.5 Å². The average Bonchev–Trinajstić information content (AvgIpc) is 3.16. The van der Waals surface area contributed by atoms with Crippen molar-refractivity contribution in [1.82, 2.24) is 0 Å². The van der Waals surface area contributed by atoms with Crippen LogP contribution in [0.3, 0.4) is 0 Å². The summed E-state index contributed by atoms with van der Waals surface area (Å²) in [6.45, 7) is 5.97. The van der Waals surface area contributed by atoms with E-state index in [1.54, 1.807) is 0 Å². The second kappa shape index (κ2) is 23.9. The number of azo groups is 2. The fourth-order valence-electron chi connectivity index (χ4n) is 5.71. The first kappa shape index (κ1) is 38.5. The van der Waals surface area contributed by atoms with Crippen LogP contribution in [-0.4, -0.2) is 13.2 Å². The van der Waals surface area contributed by atoms with E-state index in [0.29, 0.717) is 0 Å². The summed E-state index contributed by atoms with van der Waals surface area (Å²) in [7, 11) is 0. The monoisotopic (exact) mass is 674 g/mol. The molecule has 0 aliphatic carbocycles. The molecule has 0 spiro atoms. The van der Waals surface area contributed by atoms with Crippen LogP contribution in [0.5, 0.6) is 11.5 Å². The van der Waals surface area contributed by atoms with Crippen LogP contribution in [0.15, 0.2) is 118 Å². The Labute approximate surface area is 301 Å². The summed E-state index contributed by atoms with van der Waals surface area (Å²) in [4.78, 5) is 0.